The topological polar surface area (TPSA) is 64.8 Å². The lowest BCUT2D eigenvalue weighted by atomic mass is 10.1. The summed E-state index contributed by atoms with van der Waals surface area (Å²) in [7, 11) is 3.25. The van der Waals surface area contributed by atoms with E-state index >= 15 is 0 Å². The Bertz CT molecular complexity index is 474. The first-order valence-corrected chi connectivity index (χ1v) is 7.36. The van der Waals surface area contributed by atoms with Gasteiger partial charge in [0, 0.05) is 25.6 Å². The second kappa shape index (κ2) is 8.86. The van der Waals surface area contributed by atoms with E-state index in [2.05, 4.69) is 0 Å². The fourth-order valence-electron chi connectivity index (χ4n) is 2.67. The van der Waals surface area contributed by atoms with Crippen LogP contribution in [0, 0.1) is 5.92 Å². The van der Waals surface area contributed by atoms with Gasteiger partial charge in [0.05, 0.1) is 14.2 Å². The first-order chi connectivity index (χ1) is 10.2. The summed E-state index contributed by atoms with van der Waals surface area (Å²) in [6, 6.07) is 5.72. The predicted molar refractivity (Wildman–Crippen MR) is 88.9 cm³/mol. The van der Waals surface area contributed by atoms with Gasteiger partial charge in [0.2, 0.25) is 5.91 Å². The van der Waals surface area contributed by atoms with E-state index in [1.54, 1.807) is 14.2 Å². The van der Waals surface area contributed by atoms with Crippen LogP contribution in [-0.2, 0) is 11.2 Å². The number of likely N-dealkylation sites (tertiary alicyclic amines) is 1. The van der Waals surface area contributed by atoms with Gasteiger partial charge in [-0.2, -0.15) is 0 Å². The number of amides is 1. The first-order valence-electron chi connectivity index (χ1n) is 7.36. The van der Waals surface area contributed by atoms with Crippen molar-refractivity contribution in [2.45, 2.75) is 19.3 Å². The van der Waals surface area contributed by atoms with Crippen molar-refractivity contribution in [3.05, 3.63) is 23.8 Å². The largest absolute Gasteiger partial charge is 0.497 e. The van der Waals surface area contributed by atoms with Gasteiger partial charge >= 0.3 is 0 Å². The normalized spacial score (nSPS) is 17.0. The highest BCUT2D eigenvalue weighted by atomic mass is 35.5. The quantitative estimate of drug-likeness (QED) is 0.865. The molecule has 6 heteroatoms. The number of carbonyl (C=O) groups is 1. The molecule has 0 aliphatic carbocycles. The Morgan fingerprint density at radius 2 is 1.91 bits per heavy atom. The third-order valence-electron chi connectivity index (χ3n) is 4.01. The van der Waals surface area contributed by atoms with Crippen molar-refractivity contribution in [1.82, 2.24) is 4.90 Å². The van der Waals surface area contributed by atoms with Crippen molar-refractivity contribution in [2.75, 3.05) is 33.9 Å². The summed E-state index contributed by atoms with van der Waals surface area (Å²) < 4.78 is 10.5. The Kier molecular flexibility index (Phi) is 7.48. The second-order valence-electron chi connectivity index (χ2n) is 5.45. The van der Waals surface area contributed by atoms with E-state index in [-0.39, 0.29) is 18.3 Å². The maximum Gasteiger partial charge on any atom is 0.222 e. The van der Waals surface area contributed by atoms with E-state index in [0.717, 1.165) is 36.6 Å². The van der Waals surface area contributed by atoms with Gasteiger partial charge in [-0.1, -0.05) is 0 Å². The highest BCUT2D eigenvalue weighted by Gasteiger charge is 2.24. The number of nitrogens with two attached hydrogens (primary N) is 1. The number of aryl methyl sites for hydroxylation is 1. The number of carbonyl (C=O) groups excluding carboxylic acids is 1. The van der Waals surface area contributed by atoms with Crippen LogP contribution in [-0.4, -0.2) is 44.7 Å². The van der Waals surface area contributed by atoms with Crippen molar-refractivity contribution < 1.29 is 14.3 Å². The minimum Gasteiger partial charge on any atom is -0.497 e. The molecule has 0 aromatic heterocycles. The highest BCUT2D eigenvalue weighted by Crippen LogP contribution is 2.24. The summed E-state index contributed by atoms with van der Waals surface area (Å²) in [5.41, 5.74) is 6.71. The monoisotopic (exact) mass is 328 g/mol. The molecular weight excluding hydrogens is 304 g/mol. The zero-order valence-corrected chi connectivity index (χ0v) is 14.0. The summed E-state index contributed by atoms with van der Waals surface area (Å²) >= 11 is 0. The van der Waals surface area contributed by atoms with Gasteiger partial charge in [-0.3, -0.25) is 4.79 Å². The van der Waals surface area contributed by atoms with Gasteiger partial charge in [0.1, 0.15) is 11.5 Å². The van der Waals surface area contributed by atoms with Crippen molar-refractivity contribution in [3.8, 4) is 11.5 Å². The standard InChI is InChI=1S/C16H24N2O3.ClH/c1-20-14-7-12(8-15(9-14)21-2)3-4-16(19)18-6-5-13(10-17)11-18;/h7-9,13H,3-6,10-11,17H2,1-2H3;1H. The number of benzene rings is 1. The molecule has 1 unspecified atom stereocenters. The van der Waals surface area contributed by atoms with Gasteiger partial charge in [0.15, 0.2) is 0 Å². The Morgan fingerprint density at radius 1 is 1.27 bits per heavy atom. The number of nitrogens with zero attached hydrogens (tertiary/aromatic N) is 1. The maximum absolute atomic E-state index is 12.2. The smallest absolute Gasteiger partial charge is 0.222 e. The average Bonchev–Trinajstić information content (AvgIpc) is 3.01. The van der Waals surface area contributed by atoms with Crippen molar-refractivity contribution >= 4 is 18.3 Å². The molecule has 22 heavy (non-hydrogen) atoms. The van der Waals surface area contributed by atoms with E-state index in [1.165, 1.54) is 0 Å². The average molecular weight is 329 g/mol. The Labute approximate surface area is 138 Å². The van der Waals surface area contributed by atoms with Crippen molar-refractivity contribution in [3.63, 3.8) is 0 Å². The summed E-state index contributed by atoms with van der Waals surface area (Å²) in [5.74, 6) is 2.17. The Morgan fingerprint density at radius 3 is 2.41 bits per heavy atom. The lowest BCUT2D eigenvalue weighted by Gasteiger charge is -2.16. The predicted octanol–water partition coefficient (Wildman–Crippen LogP) is 1.87. The molecule has 0 spiro atoms. The molecule has 0 saturated carbocycles. The molecule has 1 aliphatic rings. The molecule has 1 aromatic rings. The molecule has 0 radical (unpaired) electrons. The fourth-order valence-corrected chi connectivity index (χ4v) is 2.67. The van der Waals surface area contributed by atoms with Gasteiger partial charge in [-0.25, -0.2) is 0 Å². The number of hydrogen-bond acceptors (Lipinski definition) is 4. The molecule has 1 aromatic carbocycles. The van der Waals surface area contributed by atoms with E-state index in [1.807, 2.05) is 23.1 Å². The molecule has 124 valence electrons. The second-order valence-corrected chi connectivity index (χ2v) is 5.45. The van der Waals surface area contributed by atoms with Gasteiger partial charge in [-0.15, -0.1) is 12.4 Å². The number of hydrogen-bond donors (Lipinski definition) is 1. The fraction of sp³-hybridized carbons (Fsp3) is 0.562. The van der Waals surface area contributed by atoms with E-state index in [0.29, 0.717) is 25.3 Å². The first kappa shape index (κ1) is 18.6. The highest BCUT2D eigenvalue weighted by molar-refractivity contribution is 5.85. The number of rotatable bonds is 6. The summed E-state index contributed by atoms with van der Waals surface area (Å²) in [6.45, 7) is 2.30. The van der Waals surface area contributed by atoms with Gasteiger partial charge < -0.3 is 20.1 Å². The van der Waals surface area contributed by atoms with E-state index in [4.69, 9.17) is 15.2 Å². The van der Waals surface area contributed by atoms with E-state index < -0.39 is 0 Å². The zero-order valence-electron chi connectivity index (χ0n) is 13.2. The molecule has 1 heterocycles. The van der Waals surface area contributed by atoms with Gasteiger partial charge in [0.25, 0.3) is 0 Å². The minimum atomic E-state index is 0. The third kappa shape index (κ3) is 4.78. The zero-order chi connectivity index (χ0) is 15.2. The van der Waals surface area contributed by atoms with Crippen LogP contribution in [0.1, 0.15) is 18.4 Å². The molecule has 1 saturated heterocycles. The molecule has 1 aliphatic heterocycles. The number of halogens is 1. The van der Waals surface area contributed by atoms with E-state index in [9.17, 15) is 4.79 Å². The molecule has 2 rings (SSSR count). The summed E-state index contributed by atoms with van der Waals surface area (Å²) in [4.78, 5) is 14.1. The maximum atomic E-state index is 12.2. The Balaban J connectivity index is 0.00000242. The molecule has 1 fully saturated rings. The van der Waals surface area contributed by atoms with Crippen LogP contribution in [0.4, 0.5) is 0 Å². The van der Waals surface area contributed by atoms with Crippen LogP contribution in [0.25, 0.3) is 0 Å². The SMILES string of the molecule is COc1cc(CCC(=O)N2CCC(CN)C2)cc(OC)c1.Cl. The number of methoxy groups -OCH3 is 2. The molecule has 1 atom stereocenters. The van der Waals surface area contributed by atoms with Crippen molar-refractivity contribution in [1.29, 1.82) is 0 Å². The van der Waals surface area contributed by atoms with Crippen LogP contribution in [0.3, 0.4) is 0 Å². The molecular formula is C16H25ClN2O3. The van der Waals surface area contributed by atoms with Crippen LogP contribution in [0.15, 0.2) is 18.2 Å². The number of ether oxygens (including phenoxy) is 2. The van der Waals surface area contributed by atoms with Crippen LogP contribution < -0.4 is 15.2 Å². The van der Waals surface area contributed by atoms with Crippen LogP contribution in [0.2, 0.25) is 0 Å². The Hall–Kier alpha value is -1.46. The minimum absolute atomic E-state index is 0. The lowest BCUT2D eigenvalue weighted by molar-refractivity contribution is -0.130. The lowest BCUT2D eigenvalue weighted by Crippen LogP contribution is -2.30. The van der Waals surface area contributed by atoms with Crippen LogP contribution >= 0.6 is 12.4 Å². The molecule has 1 amide bonds. The summed E-state index contributed by atoms with van der Waals surface area (Å²) in [5, 5.41) is 0. The molecule has 5 nitrogen and oxygen atoms in total. The van der Waals surface area contributed by atoms with Gasteiger partial charge in [-0.05, 0) is 43.0 Å². The molecule has 2 N–H and O–H groups in total. The third-order valence-corrected chi connectivity index (χ3v) is 4.01. The van der Waals surface area contributed by atoms with Crippen molar-refractivity contribution in [2.24, 2.45) is 11.7 Å². The summed E-state index contributed by atoms with van der Waals surface area (Å²) in [6.07, 6.45) is 2.22. The molecule has 0 bridgehead atoms. The van der Waals surface area contributed by atoms with Crippen LogP contribution in [0.5, 0.6) is 11.5 Å².